The van der Waals surface area contributed by atoms with Crippen LogP contribution in [0.4, 0.5) is 4.79 Å². The molecule has 2 unspecified atom stereocenters. The average molecular weight is 339 g/mol. The molecule has 0 saturated carbocycles. The van der Waals surface area contributed by atoms with Crippen molar-refractivity contribution >= 4 is 12.1 Å². The van der Waals surface area contributed by atoms with Crippen molar-refractivity contribution in [2.24, 2.45) is 0 Å². The number of carbonyl (C=O) groups excluding carboxylic acids is 2. The Kier molecular flexibility index (Phi) is 7.18. The van der Waals surface area contributed by atoms with E-state index in [1.54, 1.807) is 39.0 Å². The quantitative estimate of drug-likeness (QED) is 0.682. The summed E-state index contributed by atoms with van der Waals surface area (Å²) >= 11 is 0. The van der Waals surface area contributed by atoms with E-state index in [2.05, 4.69) is 10.1 Å². The second kappa shape index (κ2) is 8.65. The third kappa shape index (κ3) is 6.55. The van der Waals surface area contributed by atoms with Crippen LogP contribution in [0.3, 0.4) is 0 Å². The molecule has 0 radical (unpaired) electrons. The molecule has 0 bridgehead atoms. The maximum atomic E-state index is 11.5. The number of methoxy groups -OCH3 is 1. The molecule has 1 aromatic rings. The van der Waals surface area contributed by atoms with Crippen molar-refractivity contribution in [3.8, 4) is 0 Å². The zero-order valence-corrected chi connectivity index (χ0v) is 14.4. The van der Waals surface area contributed by atoms with Crippen molar-refractivity contribution in [1.29, 1.82) is 0 Å². The van der Waals surface area contributed by atoms with Gasteiger partial charge in [-0.25, -0.2) is 9.59 Å². The van der Waals surface area contributed by atoms with Gasteiger partial charge in [0.2, 0.25) is 0 Å². The number of hydrogen-bond donors (Lipinski definition) is 3. The molecule has 0 aromatic heterocycles. The molecule has 7 heteroatoms. The van der Waals surface area contributed by atoms with Crippen molar-refractivity contribution < 1.29 is 29.3 Å². The first-order chi connectivity index (χ1) is 11.1. The predicted octanol–water partition coefficient (Wildman–Crippen LogP) is 1.78. The van der Waals surface area contributed by atoms with E-state index in [4.69, 9.17) is 4.74 Å². The van der Waals surface area contributed by atoms with E-state index >= 15 is 0 Å². The smallest absolute Gasteiger partial charge is 0.407 e. The Balaban J connectivity index is 2.54. The summed E-state index contributed by atoms with van der Waals surface area (Å²) in [6.07, 6.45) is -2.75. The summed E-state index contributed by atoms with van der Waals surface area (Å²) in [6.45, 7) is 5.39. The Hall–Kier alpha value is -2.12. The fraction of sp³-hybridized carbons (Fsp3) is 0.529. The lowest BCUT2D eigenvalue weighted by Gasteiger charge is -2.21. The number of amides is 1. The first-order valence-corrected chi connectivity index (χ1v) is 7.65. The second-order valence-corrected chi connectivity index (χ2v) is 6.35. The largest absolute Gasteiger partial charge is 0.465 e. The number of aliphatic hydroxyl groups excluding tert-OH is 2. The van der Waals surface area contributed by atoms with E-state index in [0.717, 1.165) is 0 Å². The van der Waals surface area contributed by atoms with Gasteiger partial charge in [-0.15, -0.1) is 0 Å². The van der Waals surface area contributed by atoms with Gasteiger partial charge in [0.15, 0.2) is 0 Å². The highest BCUT2D eigenvalue weighted by Gasteiger charge is 2.21. The van der Waals surface area contributed by atoms with Crippen LogP contribution in [0.1, 0.15) is 49.2 Å². The molecule has 0 heterocycles. The number of hydrogen-bond acceptors (Lipinski definition) is 6. The van der Waals surface area contributed by atoms with Crippen LogP contribution in [0.25, 0.3) is 0 Å². The molecular weight excluding hydrogens is 314 g/mol. The number of alkyl carbamates (subject to hydrolysis) is 1. The summed E-state index contributed by atoms with van der Waals surface area (Å²) in [5.74, 6) is -0.523. The van der Waals surface area contributed by atoms with Crippen molar-refractivity contribution in [2.75, 3.05) is 13.7 Å². The SMILES string of the molecule is COC(=O)c1cccc(C(O)C(O)CCNC(=O)OC(C)(C)C)c1. The highest BCUT2D eigenvalue weighted by Crippen LogP contribution is 2.20. The van der Waals surface area contributed by atoms with Crippen LogP contribution in [0, 0.1) is 0 Å². The van der Waals surface area contributed by atoms with E-state index < -0.39 is 29.9 Å². The summed E-state index contributed by atoms with van der Waals surface area (Å²) in [4.78, 5) is 23.0. The number of nitrogens with one attached hydrogen (secondary N) is 1. The lowest BCUT2D eigenvalue weighted by atomic mass is 10.00. The Bertz CT molecular complexity index is 566. The minimum atomic E-state index is -1.19. The molecule has 1 aromatic carbocycles. The summed E-state index contributed by atoms with van der Waals surface area (Å²) in [5.41, 5.74) is 0.0760. The molecule has 1 amide bonds. The molecule has 7 nitrogen and oxygen atoms in total. The van der Waals surface area contributed by atoms with Crippen LogP contribution < -0.4 is 5.32 Å². The normalized spacial score (nSPS) is 13.8. The molecule has 2 atom stereocenters. The van der Waals surface area contributed by atoms with Crippen molar-refractivity contribution in [3.05, 3.63) is 35.4 Å². The van der Waals surface area contributed by atoms with Crippen molar-refractivity contribution in [1.82, 2.24) is 5.32 Å². The average Bonchev–Trinajstić information content (AvgIpc) is 2.51. The molecule has 134 valence electrons. The van der Waals surface area contributed by atoms with E-state index in [-0.39, 0.29) is 18.5 Å². The summed E-state index contributed by atoms with van der Waals surface area (Å²) in [6, 6.07) is 6.21. The summed E-state index contributed by atoms with van der Waals surface area (Å²) in [7, 11) is 1.27. The maximum Gasteiger partial charge on any atom is 0.407 e. The molecule has 0 aliphatic heterocycles. The minimum absolute atomic E-state index is 0.128. The Labute approximate surface area is 141 Å². The maximum absolute atomic E-state index is 11.5. The molecule has 0 aliphatic rings. The van der Waals surface area contributed by atoms with Crippen LogP contribution in [-0.2, 0) is 9.47 Å². The van der Waals surface area contributed by atoms with Gasteiger partial charge in [0.25, 0.3) is 0 Å². The predicted molar refractivity (Wildman–Crippen MR) is 87.6 cm³/mol. The molecule has 0 saturated heterocycles. The van der Waals surface area contributed by atoms with Gasteiger partial charge in [0.1, 0.15) is 11.7 Å². The summed E-state index contributed by atoms with van der Waals surface area (Å²) < 4.78 is 9.69. The standard InChI is InChI=1S/C17H25NO6/c1-17(2,3)24-16(22)18-9-8-13(19)14(20)11-6-5-7-12(10-11)15(21)23-4/h5-7,10,13-14,19-20H,8-9H2,1-4H3,(H,18,22). The summed E-state index contributed by atoms with van der Waals surface area (Å²) in [5, 5.41) is 22.7. The first-order valence-electron chi connectivity index (χ1n) is 7.65. The molecule has 0 spiro atoms. The van der Waals surface area contributed by atoms with Crippen LogP contribution in [0.15, 0.2) is 24.3 Å². The van der Waals surface area contributed by atoms with E-state index in [1.807, 2.05) is 0 Å². The first kappa shape index (κ1) is 19.9. The second-order valence-electron chi connectivity index (χ2n) is 6.35. The zero-order valence-electron chi connectivity index (χ0n) is 14.4. The van der Waals surface area contributed by atoms with Gasteiger partial charge in [-0.05, 0) is 44.9 Å². The Morgan fingerprint density at radius 2 is 1.92 bits per heavy atom. The fourth-order valence-electron chi connectivity index (χ4n) is 1.98. The van der Waals surface area contributed by atoms with Crippen LogP contribution in [0.5, 0.6) is 0 Å². The van der Waals surface area contributed by atoms with Crippen molar-refractivity contribution in [2.45, 2.75) is 45.0 Å². The third-order valence-corrected chi connectivity index (χ3v) is 3.12. The molecule has 0 aliphatic carbocycles. The van der Waals surface area contributed by atoms with Crippen molar-refractivity contribution in [3.63, 3.8) is 0 Å². The Morgan fingerprint density at radius 3 is 2.50 bits per heavy atom. The lowest BCUT2D eigenvalue weighted by Crippen LogP contribution is -2.34. The van der Waals surface area contributed by atoms with Gasteiger partial charge in [0.05, 0.1) is 18.8 Å². The Morgan fingerprint density at radius 1 is 1.25 bits per heavy atom. The van der Waals surface area contributed by atoms with Crippen LogP contribution in [0.2, 0.25) is 0 Å². The number of benzene rings is 1. The number of ether oxygens (including phenoxy) is 2. The van der Waals surface area contributed by atoms with Gasteiger partial charge >= 0.3 is 12.1 Å². The van der Waals surface area contributed by atoms with Crippen LogP contribution in [-0.4, -0.2) is 47.6 Å². The molecule has 3 N–H and O–H groups in total. The third-order valence-electron chi connectivity index (χ3n) is 3.12. The molecule has 0 fully saturated rings. The molecule has 24 heavy (non-hydrogen) atoms. The number of esters is 1. The van der Waals surface area contributed by atoms with Gasteiger partial charge < -0.3 is 25.0 Å². The molecular formula is C17H25NO6. The van der Waals surface area contributed by atoms with Gasteiger partial charge in [0, 0.05) is 6.54 Å². The monoisotopic (exact) mass is 339 g/mol. The van der Waals surface area contributed by atoms with Crippen LogP contribution >= 0.6 is 0 Å². The van der Waals surface area contributed by atoms with Gasteiger partial charge in [-0.2, -0.15) is 0 Å². The van der Waals surface area contributed by atoms with E-state index in [9.17, 15) is 19.8 Å². The molecule has 1 rings (SSSR count). The number of carbonyl (C=O) groups is 2. The minimum Gasteiger partial charge on any atom is -0.465 e. The van der Waals surface area contributed by atoms with E-state index in [0.29, 0.717) is 5.56 Å². The highest BCUT2D eigenvalue weighted by atomic mass is 16.6. The van der Waals surface area contributed by atoms with Gasteiger partial charge in [-0.1, -0.05) is 12.1 Å². The number of rotatable bonds is 6. The number of aliphatic hydroxyl groups is 2. The lowest BCUT2D eigenvalue weighted by molar-refractivity contribution is 0.0122. The fourth-order valence-corrected chi connectivity index (χ4v) is 1.98. The van der Waals surface area contributed by atoms with Gasteiger partial charge in [-0.3, -0.25) is 0 Å². The topological polar surface area (TPSA) is 105 Å². The zero-order chi connectivity index (χ0) is 18.3. The highest BCUT2D eigenvalue weighted by molar-refractivity contribution is 5.89. The van der Waals surface area contributed by atoms with E-state index in [1.165, 1.54) is 13.2 Å².